The van der Waals surface area contributed by atoms with Crippen LogP contribution >= 0.6 is 0 Å². The Bertz CT molecular complexity index is 1120. The molecule has 2 fully saturated rings. The number of aromatic amines is 1. The standard InChI is InChI=1S/C24H33N7O/c1-3-29-11-13-30(14-12-29)22(23-26-27-28-31(23)19-7-5-4-6-8-19)20-16-18-15-17(2)9-10-21(18)25-24(20)32/h9-10,15-16,19,22H,3-8,11-14H2,1-2H3,(H,25,32)/t22-/m1/s1. The number of benzene rings is 1. The summed E-state index contributed by atoms with van der Waals surface area (Å²) in [6.07, 6.45) is 5.89. The first kappa shape index (κ1) is 21.3. The van der Waals surface area contributed by atoms with E-state index in [4.69, 9.17) is 0 Å². The number of aryl methyl sites for hydroxylation is 1. The fourth-order valence-corrected chi connectivity index (χ4v) is 5.35. The molecule has 3 aromatic rings. The number of piperazine rings is 1. The van der Waals surface area contributed by atoms with Crippen molar-refractivity contribution >= 4 is 10.9 Å². The van der Waals surface area contributed by atoms with Gasteiger partial charge in [-0.05, 0) is 60.3 Å². The molecule has 1 aliphatic heterocycles. The average Bonchev–Trinajstić information content (AvgIpc) is 3.30. The van der Waals surface area contributed by atoms with Gasteiger partial charge in [-0.25, -0.2) is 4.68 Å². The molecule has 3 heterocycles. The van der Waals surface area contributed by atoms with Gasteiger partial charge in [-0.3, -0.25) is 9.69 Å². The maximum atomic E-state index is 13.3. The highest BCUT2D eigenvalue weighted by molar-refractivity contribution is 5.79. The fraction of sp³-hybridized carbons (Fsp3) is 0.583. The summed E-state index contributed by atoms with van der Waals surface area (Å²) in [7, 11) is 0. The number of nitrogens with zero attached hydrogens (tertiary/aromatic N) is 6. The molecule has 1 N–H and O–H groups in total. The summed E-state index contributed by atoms with van der Waals surface area (Å²) in [6, 6.07) is 8.26. The Kier molecular flexibility index (Phi) is 6.06. The van der Waals surface area contributed by atoms with Gasteiger partial charge in [-0.15, -0.1) is 5.10 Å². The maximum Gasteiger partial charge on any atom is 0.253 e. The molecule has 1 saturated heterocycles. The third-order valence-electron chi connectivity index (χ3n) is 7.23. The summed E-state index contributed by atoms with van der Waals surface area (Å²) in [4.78, 5) is 21.3. The second-order valence-electron chi connectivity index (χ2n) is 9.29. The van der Waals surface area contributed by atoms with Crippen LogP contribution in [0.2, 0.25) is 0 Å². The number of fused-ring (bicyclic) bond motifs is 1. The molecule has 5 rings (SSSR count). The van der Waals surface area contributed by atoms with Crippen LogP contribution in [0.1, 0.15) is 68.1 Å². The van der Waals surface area contributed by atoms with Crippen LogP contribution in [0.4, 0.5) is 0 Å². The van der Waals surface area contributed by atoms with Gasteiger partial charge in [0, 0.05) is 37.3 Å². The smallest absolute Gasteiger partial charge is 0.253 e. The Morgan fingerprint density at radius 3 is 2.62 bits per heavy atom. The third kappa shape index (κ3) is 4.09. The highest BCUT2D eigenvalue weighted by Crippen LogP contribution is 2.33. The Labute approximate surface area is 188 Å². The van der Waals surface area contributed by atoms with Crippen molar-refractivity contribution in [1.29, 1.82) is 0 Å². The number of pyridine rings is 1. The Morgan fingerprint density at radius 2 is 1.88 bits per heavy atom. The lowest BCUT2D eigenvalue weighted by Crippen LogP contribution is -2.49. The number of likely N-dealkylation sites (N-methyl/N-ethyl adjacent to an activating group) is 1. The predicted octanol–water partition coefficient (Wildman–Crippen LogP) is 3.06. The Morgan fingerprint density at radius 1 is 1.09 bits per heavy atom. The van der Waals surface area contributed by atoms with Crippen molar-refractivity contribution in [1.82, 2.24) is 35.0 Å². The molecule has 32 heavy (non-hydrogen) atoms. The molecule has 0 amide bonds. The van der Waals surface area contributed by atoms with E-state index in [1.54, 1.807) is 0 Å². The van der Waals surface area contributed by atoms with Crippen molar-refractivity contribution in [3.8, 4) is 0 Å². The van der Waals surface area contributed by atoms with Crippen LogP contribution in [0.25, 0.3) is 10.9 Å². The van der Waals surface area contributed by atoms with Crippen LogP contribution in [-0.4, -0.2) is 67.7 Å². The summed E-state index contributed by atoms with van der Waals surface area (Å²) in [5, 5.41) is 14.1. The van der Waals surface area contributed by atoms with E-state index in [0.717, 1.165) is 67.9 Å². The zero-order valence-corrected chi connectivity index (χ0v) is 19.1. The predicted molar refractivity (Wildman–Crippen MR) is 125 cm³/mol. The van der Waals surface area contributed by atoms with Gasteiger partial charge in [-0.2, -0.15) is 0 Å². The molecule has 1 atom stereocenters. The Hall–Kier alpha value is -2.58. The number of rotatable bonds is 5. The van der Waals surface area contributed by atoms with Gasteiger partial charge >= 0.3 is 0 Å². The van der Waals surface area contributed by atoms with E-state index in [1.165, 1.54) is 24.8 Å². The zero-order chi connectivity index (χ0) is 22.1. The summed E-state index contributed by atoms with van der Waals surface area (Å²) >= 11 is 0. The molecule has 170 valence electrons. The SMILES string of the molecule is CCN1CCN([C@H](c2cc3cc(C)ccc3[nH]c2=O)c2nnnn2C2CCCCC2)CC1. The summed E-state index contributed by atoms with van der Waals surface area (Å²) in [5.74, 6) is 0.805. The van der Waals surface area contributed by atoms with Gasteiger partial charge in [0.2, 0.25) is 0 Å². The lowest BCUT2D eigenvalue weighted by atomic mass is 9.95. The molecule has 8 nitrogen and oxygen atoms in total. The quantitative estimate of drug-likeness (QED) is 0.663. The van der Waals surface area contributed by atoms with Crippen molar-refractivity contribution in [2.45, 2.75) is 58.0 Å². The normalized spacial score (nSPS) is 20.1. The number of nitrogens with one attached hydrogen (secondary N) is 1. The van der Waals surface area contributed by atoms with Gasteiger partial charge < -0.3 is 9.88 Å². The second kappa shape index (κ2) is 9.11. The molecule has 1 aromatic carbocycles. The van der Waals surface area contributed by atoms with E-state index in [9.17, 15) is 4.79 Å². The van der Waals surface area contributed by atoms with Gasteiger partial charge in [-0.1, -0.05) is 37.8 Å². The first-order valence-corrected chi connectivity index (χ1v) is 12.0. The number of hydrogen-bond donors (Lipinski definition) is 1. The lowest BCUT2D eigenvalue weighted by molar-refractivity contribution is 0.106. The molecular formula is C24H33N7O. The van der Waals surface area contributed by atoms with E-state index < -0.39 is 0 Å². The molecule has 2 aliphatic rings. The molecule has 8 heteroatoms. The molecule has 0 spiro atoms. The molecule has 0 bridgehead atoms. The molecule has 0 radical (unpaired) electrons. The zero-order valence-electron chi connectivity index (χ0n) is 19.1. The van der Waals surface area contributed by atoms with Crippen LogP contribution in [0, 0.1) is 6.92 Å². The Balaban J connectivity index is 1.60. The monoisotopic (exact) mass is 435 g/mol. The van der Waals surface area contributed by atoms with Crippen molar-refractivity contribution in [3.05, 3.63) is 51.6 Å². The maximum absolute atomic E-state index is 13.3. The van der Waals surface area contributed by atoms with Gasteiger partial charge in [0.15, 0.2) is 5.82 Å². The van der Waals surface area contributed by atoms with E-state index in [1.807, 2.05) is 16.8 Å². The van der Waals surface area contributed by atoms with Crippen molar-refractivity contribution < 1.29 is 0 Å². The summed E-state index contributed by atoms with van der Waals surface area (Å²) < 4.78 is 2.02. The number of hydrogen-bond acceptors (Lipinski definition) is 6. The van der Waals surface area contributed by atoms with Gasteiger partial charge in [0.05, 0.1) is 6.04 Å². The third-order valence-corrected chi connectivity index (χ3v) is 7.23. The average molecular weight is 436 g/mol. The minimum atomic E-state index is -0.250. The molecule has 1 aliphatic carbocycles. The number of H-pyrrole nitrogens is 1. The van der Waals surface area contributed by atoms with Crippen LogP contribution in [-0.2, 0) is 0 Å². The summed E-state index contributed by atoms with van der Waals surface area (Å²) in [5.41, 5.74) is 2.73. The van der Waals surface area contributed by atoms with Crippen molar-refractivity contribution in [3.63, 3.8) is 0 Å². The van der Waals surface area contributed by atoms with Crippen LogP contribution in [0.3, 0.4) is 0 Å². The summed E-state index contributed by atoms with van der Waals surface area (Å²) in [6.45, 7) is 9.09. The van der Waals surface area contributed by atoms with E-state index in [0.29, 0.717) is 6.04 Å². The van der Waals surface area contributed by atoms with E-state index in [-0.39, 0.29) is 11.6 Å². The number of tetrazole rings is 1. The van der Waals surface area contributed by atoms with Crippen molar-refractivity contribution in [2.75, 3.05) is 32.7 Å². The minimum absolute atomic E-state index is 0.0533. The van der Waals surface area contributed by atoms with E-state index in [2.05, 4.69) is 56.3 Å². The van der Waals surface area contributed by atoms with Crippen LogP contribution in [0.5, 0.6) is 0 Å². The minimum Gasteiger partial charge on any atom is -0.322 e. The lowest BCUT2D eigenvalue weighted by Gasteiger charge is -2.38. The molecule has 0 unspecified atom stereocenters. The van der Waals surface area contributed by atoms with Crippen molar-refractivity contribution in [2.24, 2.45) is 0 Å². The topological polar surface area (TPSA) is 82.9 Å². The highest BCUT2D eigenvalue weighted by Gasteiger charge is 2.34. The molecular weight excluding hydrogens is 402 g/mol. The largest absolute Gasteiger partial charge is 0.322 e. The van der Waals surface area contributed by atoms with Crippen LogP contribution < -0.4 is 5.56 Å². The first-order chi connectivity index (χ1) is 15.6. The molecule has 2 aromatic heterocycles. The highest BCUT2D eigenvalue weighted by atomic mass is 16.1. The van der Waals surface area contributed by atoms with Crippen LogP contribution in [0.15, 0.2) is 29.1 Å². The second-order valence-corrected chi connectivity index (χ2v) is 9.29. The fourth-order valence-electron chi connectivity index (χ4n) is 5.35. The van der Waals surface area contributed by atoms with Gasteiger partial charge in [0.25, 0.3) is 5.56 Å². The molecule has 1 saturated carbocycles. The van der Waals surface area contributed by atoms with Gasteiger partial charge in [0.1, 0.15) is 6.04 Å². The number of aromatic nitrogens is 5. The van der Waals surface area contributed by atoms with E-state index >= 15 is 0 Å². The first-order valence-electron chi connectivity index (χ1n) is 12.0.